The molecular weight excluding hydrogens is 384 g/mol. The van der Waals surface area contributed by atoms with Gasteiger partial charge in [-0.25, -0.2) is 4.79 Å². The van der Waals surface area contributed by atoms with Crippen LogP contribution in [0.1, 0.15) is 20.8 Å². The molecule has 0 spiro atoms. The normalized spacial score (nSPS) is 10.7. The van der Waals surface area contributed by atoms with E-state index in [1.54, 1.807) is 36.4 Å². The molecule has 1 aromatic heterocycles. The fourth-order valence-electron chi connectivity index (χ4n) is 2.24. The van der Waals surface area contributed by atoms with E-state index in [1.165, 1.54) is 6.07 Å². The first-order valence-electron chi connectivity index (χ1n) is 6.57. The lowest BCUT2D eigenvalue weighted by atomic mass is 10.1. The maximum absolute atomic E-state index is 12.4. The van der Waals surface area contributed by atoms with Crippen molar-refractivity contribution in [2.24, 2.45) is 0 Å². The lowest BCUT2D eigenvalue weighted by molar-refractivity contribution is 0.0698. The molecular formula is C16H10BrClN2O3. The van der Waals surface area contributed by atoms with Crippen LogP contribution >= 0.6 is 27.5 Å². The van der Waals surface area contributed by atoms with E-state index in [2.05, 4.69) is 26.2 Å². The largest absolute Gasteiger partial charge is 0.478 e. The zero-order valence-corrected chi connectivity index (χ0v) is 13.9. The summed E-state index contributed by atoms with van der Waals surface area (Å²) in [6.07, 6.45) is 0. The predicted octanol–water partition coefficient (Wildman–Crippen LogP) is 4.53. The van der Waals surface area contributed by atoms with Crippen LogP contribution in [0, 0.1) is 0 Å². The van der Waals surface area contributed by atoms with E-state index in [0.29, 0.717) is 15.2 Å². The number of para-hydroxylation sites is 1. The van der Waals surface area contributed by atoms with Crippen molar-refractivity contribution in [3.63, 3.8) is 0 Å². The van der Waals surface area contributed by atoms with E-state index in [0.717, 1.165) is 10.9 Å². The summed E-state index contributed by atoms with van der Waals surface area (Å²) < 4.78 is 0.491. The Morgan fingerprint density at radius 2 is 1.96 bits per heavy atom. The van der Waals surface area contributed by atoms with Crippen LogP contribution in [0.15, 0.2) is 46.9 Å². The molecule has 2 aromatic carbocycles. The standard InChI is InChI=1S/C16H10BrClN2O3/c17-11-3-1-2-10(16(22)23)14(11)20-15(21)13-7-8-6-9(18)4-5-12(8)19-13/h1-7,19H,(H,20,21)(H,22,23). The summed E-state index contributed by atoms with van der Waals surface area (Å²) in [6.45, 7) is 0. The van der Waals surface area contributed by atoms with Crippen molar-refractivity contribution < 1.29 is 14.7 Å². The number of carbonyl (C=O) groups excluding carboxylic acids is 1. The number of amides is 1. The molecule has 23 heavy (non-hydrogen) atoms. The Bertz CT molecular complexity index is 936. The van der Waals surface area contributed by atoms with E-state index in [1.807, 2.05) is 0 Å². The highest BCUT2D eigenvalue weighted by atomic mass is 79.9. The number of carboxylic acids is 1. The Hall–Kier alpha value is -2.31. The lowest BCUT2D eigenvalue weighted by Gasteiger charge is -2.09. The van der Waals surface area contributed by atoms with Crippen molar-refractivity contribution in [3.05, 3.63) is 63.2 Å². The van der Waals surface area contributed by atoms with Gasteiger partial charge in [-0.1, -0.05) is 17.7 Å². The minimum atomic E-state index is -1.12. The number of carbonyl (C=O) groups is 2. The molecule has 5 nitrogen and oxygen atoms in total. The highest BCUT2D eigenvalue weighted by molar-refractivity contribution is 9.10. The molecule has 3 aromatic rings. The van der Waals surface area contributed by atoms with Gasteiger partial charge in [0, 0.05) is 20.4 Å². The van der Waals surface area contributed by atoms with Gasteiger partial charge in [0.25, 0.3) is 5.91 Å². The van der Waals surface area contributed by atoms with E-state index < -0.39 is 11.9 Å². The first-order chi connectivity index (χ1) is 11.0. The molecule has 1 heterocycles. The fraction of sp³-hybridized carbons (Fsp3) is 0. The second-order valence-corrected chi connectivity index (χ2v) is 6.13. The quantitative estimate of drug-likeness (QED) is 0.611. The Morgan fingerprint density at radius 3 is 2.70 bits per heavy atom. The van der Waals surface area contributed by atoms with E-state index >= 15 is 0 Å². The maximum atomic E-state index is 12.4. The summed E-state index contributed by atoms with van der Waals surface area (Å²) in [5.74, 6) is -1.56. The summed E-state index contributed by atoms with van der Waals surface area (Å²) >= 11 is 9.18. The number of hydrogen-bond donors (Lipinski definition) is 3. The molecule has 0 saturated carbocycles. The monoisotopic (exact) mass is 392 g/mol. The summed E-state index contributed by atoms with van der Waals surface area (Å²) in [4.78, 5) is 26.7. The topological polar surface area (TPSA) is 82.2 Å². The molecule has 1 amide bonds. The number of aromatic carboxylic acids is 1. The van der Waals surface area contributed by atoms with Crippen LogP contribution in [0.4, 0.5) is 5.69 Å². The number of nitrogens with one attached hydrogen (secondary N) is 2. The van der Waals surface area contributed by atoms with Crippen molar-refractivity contribution in [3.8, 4) is 0 Å². The molecule has 0 unspecified atom stereocenters. The number of anilines is 1. The van der Waals surface area contributed by atoms with Crippen LogP contribution in [0.3, 0.4) is 0 Å². The van der Waals surface area contributed by atoms with Gasteiger partial charge in [-0.3, -0.25) is 4.79 Å². The maximum Gasteiger partial charge on any atom is 0.337 e. The number of aromatic nitrogens is 1. The van der Waals surface area contributed by atoms with Crippen LogP contribution in [0.2, 0.25) is 5.02 Å². The molecule has 0 saturated heterocycles. The van der Waals surface area contributed by atoms with Crippen molar-refractivity contribution in [1.29, 1.82) is 0 Å². The van der Waals surface area contributed by atoms with Crippen LogP contribution in [-0.4, -0.2) is 22.0 Å². The van der Waals surface area contributed by atoms with Gasteiger partial charge in [0.05, 0.1) is 11.3 Å². The number of rotatable bonds is 3. The van der Waals surface area contributed by atoms with Gasteiger partial charge < -0.3 is 15.4 Å². The highest BCUT2D eigenvalue weighted by Crippen LogP contribution is 2.27. The molecule has 7 heteroatoms. The molecule has 0 fully saturated rings. The van der Waals surface area contributed by atoms with Gasteiger partial charge in [0.2, 0.25) is 0 Å². The third kappa shape index (κ3) is 3.09. The second-order valence-electron chi connectivity index (χ2n) is 4.84. The average molecular weight is 394 g/mol. The molecule has 0 aliphatic rings. The van der Waals surface area contributed by atoms with Gasteiger partial charge in [-0.15, -0.1) is 0 Å². The third-order valence-electron chi connectivity index (χ3n) is 3.31. The van der Waals surface area contributed by atoms with E-state index in [9.17, 15) is 14.7 Å². The average Bonchev–Trinajstić information content (AvgIpc) is 2.92. The number of fused-ring (bicyclic) bond motifs is 1. The van der Waals surface area contributed by atoms with E-state index in [4.69, 9.17) is 11.6 Å². The van der Waals surface area contributed by atoms with Crippen LogP contribution in [0.25, 0.3) is 10.9 Å². The fourth-order valence-corrected chi connectivity index (χ4v) is 2.88. The molecule has 0 aliphatic heterocycles. The number of aromatic amines is 1. The summed E-state index contributed by atoms with van der Waals surface area (Å²) in [5, 5.41) is 13.2. The first kappa shape index (κ1) is 15.6. The van der Waals surface area contributed by atoms with Crippen molar-refractivity contribution >= 4 is 56.0 Å². The number of halogens is 2. The Kier molecular flexibility index (Phi) is 4.11. The molecule has 3 rings (SSSR count). The van der Waals surface area contributed by atoms with Gasteiger partial charge in [0.15, 0.2) is 0 Å². The minimum Gasteiger partial charge on any atom is -0.478 e. The predicted molar refractivity (Wildman–Crippen MR) is 92.4 cm³/mol. The SMILES string of the molecule is O=C(Nc1c(Br)cccc1C(=O)O)c1cc2cc(Cl)ccc2[nH]1. The van der Waals surface area contributed by atoms with Crippen LogP contribution in [0.5, 0.6) is 0 Å². The van der Waals surface area contributed by atoms with Gasteiger partial charge in [0.1, 0.15) is 5.69 Å². The van der Waals surface area contributed by atoms with Crippen molar-refractivity contribution in [2.45, 2.75) is 0 Å². The Labute approximate surface area is 144 Å². The Morgan fingerprint density at radius 1 is 1.17 bits per heavy atom. The Balaban J connectivity index is 1.96. The number of benzene rings is 2. The zero-order valence-electron chi connectivity index (χ0n) is 11.6. The number of hydrogen-bond acceptors (Lipinski definition) is 2. The second kappa shape index (κ2) is 6.06. The third-order valence-corrected chi connectivity index (χ3v) is 4.21. The number of carboxylic acid groups (broad SMARTS) is 1. The van der Waals surface area contributed by atoms with Crippen LogP contribution in [-0.2, 0) is 0 Å². The molecule has 0 aliphatic carbocycles. The molecule has 0 atom stereocenters. The van der Waals surface area contributed by atoms with Crippen LogP contribution < -0.4 is 5.32 Å². The number of H-pyrrole nitrogens is 1. The minimum absolute atomic E-state index is 0.00637. The summed E-state index contributed by atoms with van der Waals surface area (Å²) in [6, 6.07) is 11.6. The molecule has 3 N–H and O–H groups in total. The summed E-state index contributed by atoms with van der Waals surface area (Å²) in [5.41, 5.74) is 1.30. The smallest absolute Gasteiger partial charge is 0.337 e. The molecule has 0 radical (unpaired) electrons. The lowest BCUT2D eigenvalue weighted by Crippen LogP contribution is -2.15. The zero-order chi connectivity index (χ0) is 16.6. The summed E-state index contributed by atoms with van der Waals surface area (Å²) in [7, 11) is 0. The molecule has 0 bridgehead atoms. The van der Waals surface area contributed by atoms with Crippen molar-refractivity contribution in [2.75, 3.05) is 5.32 Å². The highest BCUT2D eigenvalue weighted by Gasteiger charge is 2.17. The van der Waals surface area contributed by atoms with Gasteiger partial charge >= 0.3 is 5.97 Å². The van der Waals surface area contributed by atoms with E-state index in [-0.39, 0.29) is 11.3 Å². The van der Waals surface area contributed by atoms with Gasteiger partial charge in [-0.05, 0) is 52.3 Å². The molecule has 116 valence electrons. The van der Waals surface area contributed by atoms with Gasteiger partial charge in [-0.2, -0.15) is 0 Å². The first-order valence-corrected chi connectivity index (χ1v) is 7.74. The van der Waals surface area contributed by atoms with Crippen molar-refractivity contribution in [1.82, 2.24) is 4.98 Å².